The van der Waals surface area contributed by atoms with E-state index in [0.29, 0.717) is 37.4 Å². The Hall–Kier alpha value is -0.930. The van der Waals surface area contributed by atoms with Gasteiger partial charge in [0.05, 0.1) is 27.7 Å². The van der Waals surface area contributed by atoms with Crippen LogP contribution in [0.4, 0.5) is 0 Å². The summed E-state index contributed by atoms with van der Waals surface area (Å²) in [6.07, 6.45) is 1.21. The van der Waals surface area contributed by atoms with E-state index in [1.54, 1.807) is 24.9 Å². The van der Waals surface area contributed by atoms with E-state index in [-0.39, 0.29) is 30.2 Å². The lowest BCUT2D eigenvalue weighted by molar-refractivity contribution is -0.151. The summed E-state index contributed by atoms with van der Waals surface area (Å²) < 4.78 is 6.70. The molecule has 2 heterocycles. The maximum atomic E-state index is 12.4. The molecule has 1 aromatic heterocycles. The fraction of sp³-hybridized carbons (Fsp3) is 0.562. The van der Waals surface area contributed by atoms with Crippen LogP contribution in [0.25, 0.3) is 0 Å². The summed E-state index contributed by atoms with van der Waals surface area (Å²) in [5.41, 5.74) is 0. The average molecular weight is 496 g/mol. The highest BCUT2D eigenvalue weighted by Crippen LogP contribution is 2.32. The number of halogens is 2. The largest absolute Gasteiger partial charge is 0.466 e. The van der Waals surface area contributed by atoms with Gasteiger partial charge in [-0.3, -0.25) is 14.4 Å². The number of ether oxygens (including phenoxy) is 1. The van der Waals surface area contributed by atoms with E-state index in [2.05, 4.69) is 31.9 Å². The first-order valence-electron chi connectivity index (χ1n) is 7.98. The molecule has 9 heteroatoms. The molecule has 0 aliphatic carbocycles. The summed E-state index contributed by atoms with van der Waals surface area (Å²) in [6, 6.07) is 1.74. The number of esters is 1. The van der Waals surface area contributed by atoms with Crippen molar-refractivity contribution < 1.29 is 19.1 Å². The van der Waals surface area contributed by atoms with Gasteiger partial charge in [0.25, 0.3) is 5.91 Å². The van der Waals surface area contributed by atoms with Crippen molar-refractivity contribution in [1.82, 2.24) is 9.80 Å². The fourth-order valence-corrected chi connectivity index (χ4v) is 4.67. The molecule has 0 bridgehead atoms. The molecule has 0 unspecified atom stereocenters. The predicted octanol–water partition coefficient (Wildman–Crippen LogP) is 3.15. The van der Waals surface area contributed by atoms with Crippen molar-refractivity contribution in [2.24, 2.45) is 5.92 Å². The van der Waals surface area contributed by atoms with Crippen molar-refractivity contribution in [2.45, 2.75) is 19.8 Å². The van der Waals surface area contributed by atoms with E-state index in [1.165, 1.54) is 16.2 Å². The second-order valence-corrected chi connectivity index (χ2v) is 9.03. The number of carbonyl (C=O) groups is 3. The standard InChI is InChI=1S/C16H20Br2N2O4S/c1-3-24-16(23)10-4-6-20(7-5-10)13(21)9-19(2)15(22)12-8-11(17)14(18)25-12/h8,10H,3-7,9H2,1-2H3. The molecule has 0 spiro atoms. The minimum absolute atomic E-state index is 0.0239. The van der Waals surface area contributed by atoms with Crippen LogP contribution in [0.5, 0.6) is 0 Å². The van der Waals surface area contributed by atoms with Crippen LogP contribution in [0.3, 0.4) is 0 Å². The molecule has 1 fully saturated rings. The number of amides is 2. The first kappa shape index (κ1) is 20.4. The molecule has 0 atom stereocenters. The number of hydrogen-bond donors (Lipinski definition) is 0. The third-order valence-electron chi connectivity index (χ3n) is 4.04. The first-order chi connectivity index (χ1) is 11.8. The Kier molecular flexibility index (Phi) is 7.45. The highest BCUT2D eigenvalue weighted by Gasteiger charge is 2.29. The molecule has 138 valence electrons. The first-order valence-corrected chi connectivity index (χ1v) is 10.4. The smallest absolute Gasteiger partial charge is 0.309 e. The van der Waals surface area contributed by atoms with E-state index in [9.17, 15) is 14.4 Å². The van der Waals surface area contributed by atoms with Crippen LogP contribution >= 0.6 is 43.2 Å². The monoisotopic (exact) mass is 494 g/mol. The van der Waals surface area contributed by atoms with E-state index in [0.717, 1.165) is 8.26 Å². The Morgan fingerprint density at radius 2 is 1.96 bits per heavy atom. The van der Waals surface area contributed by atoms with Crippen molar-refractivity contribution in [2.75, 3.05) is 33.3 Å². The van der Waals surface area contributed by atoms with E-state index < -0.39 is 0 Å². The molecule has 25 heavy (non-hydrogen) atoms. The third-order valence-corrected chi connectivity index (χ3v) is 7.29. The van der Waals surface area contributed by atoms with Gasteiger partial charge in [0.2, 0.25) is 5.91 Å². The minimum atomic E-state index is -0.189. The number of piperidine rings is 1. The van der Waals surface area contributed by atoms with Gasteiger partial charge in [0.15, 0.2) is 0 Å². The Balaban J connectivity index is 1.85. The Morgan fingerprint density at radius 1 is 1.32 bits per heavy atom. The molecule has 0 radical (unpaired) electrons. The number of carbonyl (C=O) groups excluding carboxylic acids is 3. The SMILES string of the molecule is CCOC(=O)C1CCN(C(=O)CN(C)C(=O)c2cc(Br)c(Br)s2)CC1. The lowest BCUT2D eigenvalue weighted by Crippen LogP contribution is -2.45. The van der Waals surface area contributed by atoms with Gasteiger partial charge in [-0.05, 0) is 57.7 Å². The Labute approximate surface area is 167 Å². The summed E-state index contributed by atoms with van der Waals surface area (Å²) in [6.45, 7) is 3.21. The molecule has 0 N–H and O–H groups in total. The van der Waals surface area contributed by atoms with Crippen LogP contribution in [-0.2, 0) is 14.3 Å². The Bertz CT molecular complexity index is 637. The topological polar surface area (TPSA) is 66.9 Å². The number of likely N-dealkylation sites (N-methyl/N-ethyl adjacent to an activating group) is 1. The average Bonchev–Trinajstić information content (AvgIpc) is 2.93. The molecular weight excluding hydrogens is 476 g/mol. The van der Waals surface area contributed by atoms with Crippen LogP contribution in [0.1, 0.15) is 29.4 Å². The van der Waals surface area contributed by atoms with Crippen LogP contribution in [-0.4, -0.2) is 60.9 Å². The molecule has 1 aliphatic heterocycles. The number of hydrogen-bond acceptors (Lipinski definition) is 5. The molecule has 2 amide bonds. The molecule has 1 aromatic rings. The van der Waals surface area contributed by atoms with E-state index in [1.807, 2.05) is 0 Å². The molecule has 6 nitrogen and oxygen atoms in total. The summed E-state index contributed by atoms with van der Waals surface area (Å²) in [5.74, 6) is -0.612. The summed E-state index contributed by atoms with van der Waals surface area (Å²) >= 11 is 8.04. The van der Waals surface area contributed by atoms with Crippen LogP contribution < -0.4 is 0 Å². The lowest BCUT2D eigenvalue weighted by atomic mass is 9.97. The van der Waals surface area contributed by atoms with Gasteiger partial charge in [0, 0.05) is 24.6 Å². The zero-order chi connectivity index (χ0) is 18.6. The summed E-state index contributed by atoms with van der Waals surface area (Å²) in [7, 11) is 1.62. The zero-order valence-electron chi connectivity index (χ0n) is 14.1. The zero-order valence-corrected chi connectivity index (χ0v) is 18.1. The highest BCUT2D eigenvalue weighted by atomic mass is 79.9. The lowest BCUT2D eigenvalue weighted by Gasteiger charge is -2.32. The summed E-state index contributed by atoms with van der Waals surface area (Å²) in [5, 5.41) is 0. The molecular formula is C16H20Br2N2O4S. The number of thiophene rings is 1. The van der Waals surface area contributed by atoms with Crippen LogP contribution in [0, 0.1) is 5.92 Å². The second-order valence-electron chi connectivity index (χ2n) is 5.80. The predicted molar refractivity (Wildman–Crippen MR) is 103 cm³/mol. The van der Waals surface area contributed by atoms with Gasteiger partial charge in [-0.15, -0.1) is 11.3 Å². The van der Waals surface area contributed by atoms with Crippen molar-refractivity contribution in [1.29, 1.82) is 0 Å². The minimum Gasteiger partial charge on any atom is -0.466 e. The normalized spacial score (nSPS) is 15.1. The van der Waals surface area contributed by atoms with Gasteiger partial charge in [-0.25, -0.2) is 0 Å². The fourth-order valence-electron chi connectivity index (χ4n) is 2.64. The number of nitrogens with zero attached hydrogens (tertiary/aromatic N) is 2. The summed E-state index contributed by atoms with van der Waals surface area (Å²) in [4.78, 5) is 40.3. The maximum absolute atomic E-state index is 12.4. The second kappa shape index (κ2) is 9.14. The molecule has 1 aliphatic rings. The maximum Gasteiger partial charge on any atom is 0.309 e. The highest BCUT2D eigenvalue weighted by molar-refractivity contribution is 9.13. The van der Waals surface area contributed by atoms with Gasteiger partial charge in [-0.2, -0.15) is 0 Å². The van der Waals surface area contributed by atoms with Crippen LogP contribution in [0.15, 0.2) is 14.3 Å². The van der Waals surface area contributed by atoms with Crippen molar-refractivity contribution >= 4 is 61.0 Å². The molecule has 2 rings (SSSR count). The van der Waals surface area contributed by atoms with Crippen molar-refractivity contribution in [3.63, 3.8) is 0 Å². The van der Waals surface area contributed by atoms with Gasteiger partial charge < -0.3 is 14.5 Å². The van der Waals surface area contributed by atoms with Crippen LogP contribution in [0.2, 0.25) is 0 Å². The quantitative estimate of drug-likeness (QED) is 0.588. The van der Waals surface area contributed by atoms with E-state index in [4.69, 9.17) is 4.74 Å². The third kappa shape index (κ3) is 5.27. The molecule has 1 saturated heterocycles. The van der Waals surface area contributed by atoms with Gasteiger partial charge in [-0.1, -0.05) is 0 Å². The van der Waals surface area contributed by atoms with E-state index >= 15 is 0 Å². The Morgan fingerprint density at radius 3 is 2.48 bits per heavy atom. The molecule has 0 saturated carbocycles. The number of likely N-dealkylation sites (tertiary alicyclic amines) is 1. The van der Waals surface area contributed by atoms with Crippen molar-refractivity contribution in [3.8, 4) is 0 Å². The number of rotatable bonds is 5. The van der Waals surface area contributed by atoms with Crippen molar-refractivity contribution in [3.05, 3.63) is 19.2 Å². The molecule has 0 aromatic carbocycles. The van der Waals surface area contributed by atoms with Gasteiger partial charge >= 0.3 is 5.97 Å². The van der Waals surface area contributed by atoms with Gasteiger partial charge in [0.1, 0.15) is 0 Å².